The van der Waals surface area contributed by atoms with Crippen molar-refractivity contribution in [1.29, 1.82) is 0 Å². The molecule has 0 atom stereocenters. The Balaban J connectivity index is 1.69. The molecule has 1 aromatic heterocycles. The van der Waals surface area contributed by atoms with Crippen LogP contribution in [0.5, 0.6) is 11.5 Å². The normalized spacial score (nSPS) is 14.5. The zero-order valence-corrected chi connectivity index (χ0v) is 20.4. The van der Waals surface area contributed by atoms with Gasteiger partial charge in [0.15, 0.2) is 0 Å². The number of methoxy groups -OCH3 is 2. The highest BCUT2D eigenvalue weighted by Gasteiger charge is 2.44. The predicted octanol–water partition coefficient (Wildman–Crippen LogP) is 5.16. The number of ether oxygens (including phenoxy) is 4. The first-order chi connectivity index (χ1) is 17.4. The molecule has 1 N–H and O–H groups in total. The van der Waals surface area contributed by atoms with E-state index in [1.807, 2.05) is 54.6 Å². The van der Waals surface area contributed by atoms with Crippen LogP contribution in [0.15, 0.2) is 72.8 Å². The minimum atomic E-state index is -1.40. The van der Waals surface area contributed by atoms with Gasteiger partial charge < -0.3 is 24.1 Å². The number of hydrogen-bond donors (Lipinski definition) is 1. The Hall–Kier alpha value is -3.85. The molecule has 0 radical (unpaired) electrons. The van der Waals surface area contributed by atoms with E-state index in [0.717, 1.165) is 28.4 Å². The van der Waals surface area contributed by atoms with E-state index in [0.29, 0.717) is 24.5 Å². The Morgan fingerprint density at radius 2 is 1.56 bits per heavy atom. The number of aromatic carboxylic acids is 1. The van der Waals surface area contributed by atoms with Gasteiger partial charge in [0.2, 0.25) is 5.79 Å². The molecule has 4 aromatic rings. The Morgan fingerprint density at radius 1 is 0.944 bits per heavy atom. The molecule has 0 aliphatic carbocycles. The van der Waals surface area contributed by atoms with Gasteiger partial charge in [0, 0.05) is 11.1 Å². The highest BCUT2D eigenvalue weighted by Crippen LogP contribution is 2.41. The third-order valence-electron chi connectivity index (χ3n) is 6.02. The molecule has 3 aromatic carbocycles. The van der Waals surface area contributed by atoms with Crippen molar-refractivity contribution < 1.29 is 28.8 Å². The first-order valence-electron chi connectivity index (χ1n) is 11.2. The van der Waals surface area contributed by atoms with Crippen LogP contribution in [-0.2, 0) is 15.3 Å². The molecule has 1 saturated heterocycles. The maximum Gasteiger partial charge on any atom is 0.337 e. The lowest BCUT2D eigenvalue weighted by Crippen LogP contribution is -2.30. The fraction of sp³-hybridized carbons (Fsp3) is 0.185. The standard InChI is InChI=1S/C27H23ClN2O6/c1-33-20-8-3-17(4-9-20)24-16-25(29-30(24)19-6-10-21(34-2)11-7-19)27(35-13-14-36-27)18-5-12-23(28)22(15-18)26(31)32/h3-12,15-16H,13-14H2,1-2H3,(H,31,32). The minimum Gasteiger partial charge on any atom is -0.497 e. The number of carboxylic acids is 1. The molecule has 36 heavy (non-hydrogen) atoms. The van der Waals surface area contributed by atoms with Gasteiger partial charge in [-0.15, -0.1) is 0 Å². The second-order valence-electron chi connectivity index (χ2n) is 8.07. The van der Waals surface area contributed by atoms with Crippen molar-refractivity contribution in [2.24, 2.45) is 0 Å². The maximum absolute atomic E-state index is 11.8. The van der Waals surface area contributed by atoms with Gasteiger partial charge in [-0.1, -0.05) is 17.7 Å². The summed E-state index contributed by atoms with van der Waals surface area (Å²) in [7, 11) is 3.23. The number of nitrogens with zero attached hydrogens (tertiary/aromatic N) is 2. The Labute approximate surface area is 212 Å². The van der Waals surface area contributed by atoms with Gasteiger partial charge in [-0.05, 0) is 66.7 Å². The van der Waals surface area contributed by atoms with E-state index in [1.54, 1.807) is 25.0 Å². The summed E-state index contributed by atoms with van der Waals surface area (Å²) in [5, 5.41) is 14.6. The van der Waals surface area contributed by atoms with Gasteiger partial charge in [0.05, 0.1) is 49.4 Å². The van der Waals surface area contributed by atoms with E-state index in [2.05, 4.69) is 0 Å². The van der Waals surface area contributed by atoms with Gasteiger partial charge in [-0.2, -0.15) is 5.10 Å². The number of carbonyl (C=O) groups is 1. The molecule has 0 bridgehead atoms. The summed E-state index contributed by atoms with van der Waals surface area (Å²) in [6, 6.07) is 21.7. The van der Waals surface area contributed by atoms with Crippen molar-refractivity contribution in [3.05, 3.63) is 94.6 Å². The first kappa shape index (κ1) is 23.9. The number of halogens is 1. The highest BCUT2D eigenvalue weighted by molar-refractivity contribution is 6.33. The number of hydrogen-bond acceptors (Lipinski definition) is 6. The van der Waals surface area contributed by atoms with E-state index in [1.165, 1.54) is 12.1 Å². The quantitative estimate of drug-likeness (QED) is 0.370. The van der Waals surface area contributed by atoms with E-state index in [9.17, 15) is 9.90 Å². The first-order valence-corrected chi connectivity index (χ1v) is 11.5. The van der Waals surface area contributed by atoms with E-state index >= 15 is 0 Å². The monoisotopic (exact) mass is 506 g/mol. The molecule has 1 fully saturated rings. The molecule has 1 aliphatic heterocycles. The summed E-state index contributed by atoms with van der Waals surface area (Å²) in [6.07, 6.45) is 0. The third-order valence-corrected chi connectivity index (χ3v) is 6.35. The average Bonchev–Trinajstić information content (AvgIpc) is 3.58. The molecule has 2 heterocycles. The topological polar surface area (TPSA) is 92.0 Å². The molecule has 5 rings (SSSR count). The van der Waals surface area contributed by atoms with Crippen LogP contribution in [-0.4, -0.2) is 48.3 Å². The molecule has 9 heteroatoms. The summed E-state index contributed by atoms with van der Waals surface area (Å²) >= 11 is 6.13. The van der Waals surface area contributed by atoms with Crippen LogP contribution in [0.2, 0.25) is 5.02 Å². The molecule has 184 valence electrons. The number of carboxylic acid groups (broad SMARTS) is 1. The summed E-state index contributed by atoms with van der Waals surface area (Å²) in [5.41, 5.74) is 3.38. The van der Waals surface area contributed by atoms with Crippen LogP contribution in [0.4, 0.5) is 0 Å². The molecular weight excluding hydrogens is 484 g/mol. The predicted molar refractivity (Wildman–Crippen MR) is 133 cm³/mol. The van der Waals surface area contributed by atoms with Crippen LogP contribution in [0, 0.1) is 0 Å². The lowest BCUT2D eigenvalue weighted by molar-refractivity contribution is -0.133. The fourth-order valence-electron chi connectivity index (χ4n) is 4.20. The van der Waals surface area contributed by atoms with E-state index in [4.69, 9.17) is 35.6 Å². The van der Waals surface area contributed by atoms with Crippen molar-refractivity contribution in [1.82, 2.24) is 9.78 Å². The van der Waals surface area contributed by atoms with E-state index in [-0.39, 0.29) is 10.6 Å². The Bertz CT molecular complexity index is 1330. The van der Waals surface area contributed by atoms with Crippen LogP contribution >= 0.6 is 11.6 Å². The third kappa shape index (κ3) is 4.19. The van der Waals surface area contributed by atoms with Crippen molar-refractivity contribution >= 4 is 17.6 Å². The highest BCUT2D eigenvalue weighted by atomic mass is 35.5. The van der Waals surface area contributed by atoms with Gasteiger partial charge in [-0.25, -0.2) is 9.48 Å². The molecule has 0 amide bonds. The van der Waals surface area contributed by atoms with Gasteiger partial charge in [-0.3, -0.25) is 0 Å². The van der Waals surface area contributed by atoms with Crippen molar-refractivity contribution in [3.8, 4) is 28.4 Å². The van der Waals surface area contributed by atoms with Gasteiger partial charge in [0.25, 0.3) is 0 Å². The van der Waals surface area contributed by atoms with Crippen LogP contribution in [0.1, 0.15) is 21.6 Å². The second-order valence-corrected chi connectivity index (χ2v) is 8.47. The van der Waals surface area contributed by atoms with Crippen LogP contribution in [0.3, 0.4) is 0 Å². The molecule has 0 unspecified atom stereocenters. The average molecular weight is 507 g/mol. The fourth-order valence-corrected chi connectivity index (χ4v) is 4.40. The zero-order valence-electron chi connectivity index (χ0n) is 19.6. The smallest absolute Gasteiger partial charge is 0.337 e. The molecule has 1 aliphatic rings. The van der Waals surface area contributed by atoms with Crippen LogP contribution in [0.25, 0.3) is 16.9 Å². The Morgan fingerprint density at radius 3 is 2.14 bits per heavy atom. The summed E-state index contributed by atoms with van der Waals surface area (Å²) in [5.74, 6) is -1.08. The second kappa shape index (κ2) is 9.66. The SMILES string of the molecule is COc1ccc(-c2cc(C3(c4ccc(Cl)c(C(=O)O)c4)OCCO3)nn2-c2ccc(OC)cc2)cc1. The number of rotatable bonds is 7. The molecule has 0 spiro atoms. The van der Waals surface area contributed by atoms with Crippen molar-refractivity contribution in [2.45, 2.75) is 5.79 Å². The maximum atomic E-state index is 11.8. The number of benzene rings is 3. The summed E-state index contributed by atoms with van der Waals surface area (Å²) < 4.78 is 24.7. The van der Waals surface area contributed by atoms with Gasteiger partial charge >= 0.3 is 5.97 Å². The number of aromatic nitrogens is 2. The summed E-state index contributed by atoms with van der Waals surface area (Å²) in [4.78, 5) is 11.8. The lowest BCUT2D eigenvalue weighted by atomic mass is 9.99. The minimum absolute atomic E-state index is 0.0439. The van der Waals surface area contributed by atoms with E-state index < -0.39 is 11.8 Å². The van der Waals surface area contributed by atoms with Crippen molar-refractivity contribution in [3.63, 3.8) is 0 Å². The molecule has 0 saturated carbocycles. The molecular formula is C27H23ClN2O6. The van der Waals surface area contributed by atoms with Crippen molar-refractivity contribution in [2.75, 3.05) is 27.4 Å². The van der Waals surface area contributed by atoms with Crippen LogP contribution < -0.4 is 9.47 Å². The summed E-state index contributed by atoms with van der Waals surface area (Å²) in [6.45, 7) is 0.636. The zero-order chi connectivity index (χ0) is 25.3. The lowest BCUT2D eigenvalue weighted by Gasteiger charge is -2.26. The van der Waals surface area contributed by atoms with Gasteiger partial charge in [0.1, 0.15) is 17.2 Å². The Kier molecular flexibility index (Phi) is 6.40. The molecule has 8 nitrogen and oxygen atoms in total. The largest absolute Gasteiger partial charge is 0.497 e.